The lowest BCUT2D eigenvalue weighted by atomic mass is 10.2. The van der Waals surface area contributed by atoms with Crippen LogP contribution in [0.1, 0.15) is 25.7 Å². The van der Waals surface area contributed by atoms with Gasteiger partial charge in [-0.15, -0.1) is 0 Å². The van der Waals surface area contributed by atoms with Crippen molar-refractivity contribution in [3.05, 3.63) is 28.2 Å². The topological polar surface area (TPSA) is 64.6 Å². The normalized spacial score (nSPS) is 24.2. The average Bonchev–Trinajstić information content (AvgIpc) is 3.10. The van der Waals surface area contributed by atoms with E-state index in [1.807, 2.05) is 0 Å². The fourth-order valence-electron chi connectivity index (χ4n) is 2.86. The second-order valence-electron chi connectivity index (χ2n) is 5.60. The molecule has 1 aliphatic carbocycles. The lowest BCUT2D eigenvalue weighted by Gasteiger charge is -2.22. The first-order chi connectivity index (χ1) is 10.4. The summed E-state index contributed by atoms with van der Waals surface area (Å²) in [6, 6.07) is 4.33. The second kappa shape index (κ2) is 6.26. The summed E-state index contributed by atoms with van der Waals surface area (Å²) in [6.07, 6.45) is 3.62. The Morgan fingerprint density at radius 3 is 2.73 bits per heavy atom. The number of hydrogen-bond donors (Lipinski definition) is 1. The molecular weight excluding hydrogens is 349 g/mol. The van der Waals surface area contributed by atoms with Crippen LogP contribution in [0.5, 0.6) is 0 Å². The summed E-state index contributed by atoms with van der Waals surface area (Å²) in [6.45, 7) is 0.540. The number of sulfonamides is 1. The monoisotopic (exact) mass is 365 g/mol. The van der Waals surface area contributed by atoms with Gasteiger partial charge in [-0.2, -0.15) is 0 Å². The summed E-state index contributed by atoms with van der Waals surface area (Å²) in [5, 5.41) is 0.447. The number of nitrogens with one attached hydrogen (secondary N) is 1. The first-order valence-electron chi connectivity index (χ1n) is 7.17. The fraction of sp³-hybridized carbons (Fsp3) is 0.571. The maximum atomic E-state index is 12.3. The molecule has 1 spiro atoms. The van der Waals surface area contributed by atoms with E-state index >= 15 is 0 Å². The van der Waals surface area contributed by atoms with E-state index in [0.717, 1.165) is 25.7 Å². The molecule has 0 bridgehead atoms. The molecule has 1 atom stereocenters. The number of ether oxygens (including phenoxy) is 2. The third-order valence-corrected chi connectivity index (χ3v) is 6.10. The second-order valence-corrected chi connectivity index (χ2v) is 8.17. The van der Waals surface area contributed by atoms with E-state index < -0.39 is 15.8 Å². The van der Waals surface area contributed by atoms with E-state index in [-0.39, 0.29) is 22.6 Å². The van der Waals surface area contributed by atoms with Crippen molar-refractivity contribution in [2.45, 2.75) is 42.5 Å². The van der Waals surface area contributed by atoms with Crippen molar-refractivity contribution in [3.63, 3.8) is 0 Å². The molecule has 1 aromatic carbocycles. The van der Waals surface area contributed by atoms with Crippen LogP contribution in [0.2, 0.25) is 10.0 Å². The van der Waals surface area contributed by atoms with Gasteiger partial charge >= 0.3 is 0 Å². The minimum absolute atomic E-state index is 0.0313. The minimum atomic E-state index is -3.74. The predicted octanol–water partition coefficient (Wildman–Crippen LogP) is 2.96. The van der Waals surface area contributed by atoms with Crippen LogP contribution in [0.25, 0.3) is 0 Å². The molecule has 5 nitrogen and oxygen atoms in total. The Morgan fingerprint density at radius 1 is 1.27 bits per heavy atom. The van der Waals surface area contributed by atoms with Gasteiger partial charge in [-0.3, -0.25) is 0 Å². The molecule has 1 aromatic rings. The van der Waals surface area contributed by atoms with Gasteiger partial charge < -0.3 is 9.47 Å². The van der Waals surface area contributed by atoms with Crippen LogP contribution in [-0.2, 0) is 19.5 Å². The first kappa shape index (κ1) is 16.5. The van der Waals surface area contributed by atoms with E-state index in [1.165, 1.54) is 12.1 Å². The van der Waals surface area contributed by atoms with E-state index in [2.05, 4.69) is 4.72 Å². The maximum absolute atomic E-state index is 12.3. The lowest BCUT2D eigenvalue weighted by Crippen LogP contribution is -2.35. The van der Waals surface area contributed by atoms with Gasteiger partial charge in [-0.25, -0.2) is 13.1 Å². The fourth-order valence-corrected chi connectivity index (χ4v) is 4.68. The first-order valence-corrected chi connectivity index (χ1v) is 9.41. The molecule has 2 aliphatic rings. The molecule has 0 radical (unpaired) electrons. The summed E-state index contributed by atoms with van der Waals surface area (Å²) in [7, 11) is -3.74. The zero-order chi connectivity index (χ0) is 15.8. The third kappa shape index (κ3) is 3.42. The molecule has 2 fully saturated rings. The molecular formula is C14H17Cl2NO4S. The summed E-state index contributed by atoms with van der Waals surface area (Å²) in [5.41, 5.74) is 0. The highest BCUT2D eigenvalue weighted by Gasteiger charge is 2.43. The third-order valence-electron chi connectivity index (χ3n) is 3.96. The molecule has 0 aromatic heterocycles. The van der Waals surface area contributed by atoms with Crippen molar-refractivity contribution >= 4 is 33.2 Å². The van der Waals surface area contributed by atoms with Crippen LogP contribution >= 0.6 is 23.2 Å². The Hall–Kier alpha value is -0.370. The minimum Gasteiger partial charge on any atom is -0.347 e. The molecule has 3 rings (SSSR count). The molecule has 1 saturated carbocycles. The van der Waals surface area contributed by atoms with Gasteiger partial charge in [0.25, 0.3) is 0 Å². The lowest BCUT2D eigenvalue weighted by molar-refractivity contribution is -0.160. The Bertz CT molecular complexity index is 659. The number of hydrogen-bond acceptors (Lipinski definition) is 4. The van der Waals surface area contributed by atoms with Crippen LogP contribution < -0.4 is 4.72 Å². The van der Waals surface area contributed by atoms with E-state index in [1.54, 1.807) is 6.07 Å². The Kier molecular flexibility index (Phi) is 4.69. The summed E-state index contributed by atoms with van der Waals surface area (Å²) >= 11 is 11.8. The predicted molar refractivity (Wildman–Crippen MR) is 83.7 cm³/mol. The van der Waals surface area contributed by atoms with E-state index in [4.69, 9.17) is 32.7 Å². The van der Waals surface area contributed by atoms with Crippen molar-refractivity contribution in [2.24, 2.45) is 0 Å². The zero-order valence-electron chi connectivity index (χ0n) is 11.8. The molecule has 22 heavy (non-hydrogen) atoms. The van der Waals surface area contributed by atoms with Gasteiger partial charge in [-0.1, -0.05) is 23.2 Å². The highest BCUT2D eigenvalue weighted by Crippen LogP contribution is 2.39. The van der Waals surface area contributed by atoms with E-state index in [0.29, 0.717) is 11.6 Å². The van der Waals surface area contributed by atoms with Crippen LogP contribution in [-0.4, -0.2) is 33.5 Å². The Balaban J connectivity index is 1.64. The number of rotatable bonds is 4. The molecule has 1 heterocycles. The van der Waals surface area contributed by atoms with Crippen molar-refractivity contribution < 1.29 is 17.9 Å². The van der Waals surface area contributed by atoms with Crippen LogP contribution in [0.3, 0.4) is 0 Å². The molecule has 0 unspecified atom stereocenters. The molecule has 1 aliphatic heterocycles. The maximum Gasteiger partial charge on any atom is 0.242 e. The largest absolute Gasteiger partial charge is 0.347 e. The number of benzene rings is 1. The van der Waals surface area contributed by atoms with Crippen LogP contribution in [0, 0.1) is 0 Å². The van der Waals surface area contributed by atoms with Gasteiger partial charge in [0.1, 0.15) is 4.90 Å². The molecule has 8 heteroatoms. The van der Waals surface area contributed by atoms with E-state index in [9.17, 15) is 8.42 Å². The summed E-state index contributed by atoms with van der Waals surface area (Å²) in [5.74, 6) is -0.496. The highest BCUT2D eigenvalue weighted by atomic mass is 35.5. The van der Waals surface area contributed by atoms with Gasteiger partial charge in [-0.05, 0) is 31.0 Å². The summed E-state index contributed by atoms with van der Waals surface area (Å²) in [4.78, 5) is -0.0313. The molecule has 1 saturated heterocycles. The molecule has 122 valence electrons. The smallest absolute Gasteiger partial charge is 0.242 e. The number of halogens is 2. The van der Waals surface area contributed by atoms with Gasteiger partial charge in [0.15, 0.2) is 5.79 Å². The van der Waals surface area contributed by atoms with Crippen molar-refractivity contribution in [1.29, 1.82) is 0 Å². The molecule has 0 amide bonds. The SMILES string of the molecule is O=S(=O)(NC[C@@H]1COC2(CCCC2)O1)c1cc(Cl)ccc1Cl. The van der Waals surface area contributed by atoms with Crippen molar-refractivity contribution in [2.75, 3.05) is 13.2 Å². The van der Waals surface area contributed by atoms with Crippen molar-refractivity contribution in [1.82, 2.24) is 4.72 Å². The van der Waals surface area contributed by atoms with Gasteiger partial charge in [0.05, 0.1) is 17.7 Å². The van der Waals surface area contributed by atoms with Crippen LogP contribution in [0.4, 0.5) is 0 Å². The quantitative estimate of drug-likeness (QED) is 0.890. The van der Waals surface area contributed by atoms with Gasteiger partial charge in [0, 0.05) is 24.4 Å². The van der Waals surface area contributed by atoms with Crippen molar-refractivity contribution in [3.8, 4) is 0 Å². The standard InChI is InChI=1S/C14H17Cl2NO4S/c15-10-3-4-12(16)13(7-10)22(18,19)17-8-11-9-20-14(21-11)5-1-2-6-14/h3-4,7,11,17H,1-2,5-6,8-9H2/t11-/m1/s1. The van der Waals surface area contributed by atoms with Gasteiger partial charge in [0.2, 0.25) is 10.0 Å². The Morgan fingerprint density at radius 2 is 2.00 bits per heavy atom. The Labute approximate surface area is 139 Å². The highest BCUT2D eigenvalue weighted by molar-refractivity contribution is 7.89. The summed E-state index contributed by atoms with van der Waals surface area (Å²) < 4.78 is 38.8. The average molecular weight is 366 g/mol. The van der Waals surface area contributed by atoms with Crippen LogP contribution in [0.15, 0.2) is 23.1 Å². The molecule has 1 N–H and O–H groups in total. The zero-order valence-corrected chi connectivity index (χ0v) is 14.2.